The molecule has 0 aromatic rings. The van der Waals surface area contributed by atoms with Crippen molar-refractivity contribution < 1.29 is 27.8 Å². The Labute approximate surface area is 151 Å². The second-order valence-corrected chi connectivity index (χ2v) is 7.45. The standard InChI is InChI=1S/C10H19FO2.C9H17FO2/c1-4-6-7-8-13-9(12)10(3,11)5-2;1-6-9(5,10)7(11)12-8(2,3)4/h4-8H2,1-3H3;6H2,1-5H3. The van der Waals surface area contributed by atoms with Crippen LogP contribution in [0.2, 0.25) is 0 Å². The number of esters is 2. The van der Waals surface area contributed by atoms with Gasteiger partial charge in [0.1, 0.15) is 5.60 Å². The first-order chi connectivity index (χ1) is 11.2. The highest BCUT2D eigenvalue weighted by atomic mass is 19.1. The lowest BCUT2D eigenvalue weighted by molar-refractivity contribution is -0.168. The van der Waals surface area contributed by atoms with Crippen LogP contribution in [0.3, 0.4) is 0 Å². The molecule has 0 spiro atoms. The molecule has 4 nitrogen and oxygen atoms in total. The molecular weight excluding hydrogens is 330 g/mol. The summed E-state index contributed by atoms with van der Waals surface area (Å²) in [7, 11) is 0. The number of hydrogen-bond acceptors (Lipinski definition) is 4. The van der Waals surface area contributed by atoms with Gasteiger partial charge in [-0.15, -0.1) is 0 Å². The van der Waals surface area contributed by atoms with Crippen molar-refractivity contribution in [3.05, 3.63) is 0 Å². The number of rotatable bonds is 8. The van der Waals surface area contributed by atoms with Crippen LogP contribution in [0.4, 0.5) is 8.78 Å². The summed E-state index contributed by atoms with van der Waals surface area (Å²) < 4.78 is 36.2. The first kappa shape index (κ1) is 26.0. The van der Waals surface area contributed by atoms with Gasteiger partial charge < -0.3 is 9.47 Å². The maximum absolute atomic E-state index is 13.3. The van der Waals surface area contributed by atoms with E-state index in [0.29, 0.717) is 6.61 Å². The van der Waals surface area contributed by atoms with E-state index in [-0.39, 0.29) is 12.8 Å². The molecule has 25 heavy (non-hydrogen) atoms. The first-order valence-corrected chi connectivity index (χ1v) is 9.02. The van der Waals surface area contributed by atoms with Gasteiger partial charge in [0.25, 0.3) is 0 Å². The number of unbranched alkanes of at least 4 members (excludes halogenated alkanes) is 2. The van der Waals surface area contributed by atoms with Crippen molar-refractivity contribution in [1.29, 1.82) is 0 Å². The Morgan fingerprint density at radius 1 is 0.800 bits per heavy atom. The van der Waals surface area contributed by atoms with E-state index in [1.54, 1.807) is 34.6 Å². The molecule has 0 radical (unpaired) electrons. The molecule has 0 aliphatic carbocycles. The summed E-state index contributed by atoms with van der Waals surface area (Å²) in [6, 6.07) is 0. The zero-order chi connectivity index (χ0) is 20.3. The average molecular weight is 366 g/mol. The number of ether oxygens (including phenoxy) is 2. The molecule has 0 heterocycles. The van der Waals surface area contributed by atoms with Gasteiger partial charge in [0, 0.05) is 0 Å². The fraction of sp³-hybridized carbons (Fsp3) is 0.895. The second kappa shape index (κ2) is 11.4. The summed E-state index contributed by atoms with van der Waals surface area (Å²) in [5.41, 5.74) is -4.28. The Bertz CT molecular complexity index is 399. The van der Waals surface area contributed by atoms with Gasteiger partial charge in [0.2, 0.25) is 11.3 Å². The minimum atomic E-state index is -1.85. The number of carbonyl (C=O) groups is 2. The van der Waals surface area contributed by atoms with Crippen LogP contribution in [0, 0.1) is 0 Å². The third-order valence-electron chi connectivity index (χ3n) is 3.56. The molecule has 6 heteroatoms. The van der Waals surface area contributed by atoms with E-state index >= 15 is 0 Å². The molecule has 0 saturated carbocycles. The normalized spacial score (nSPS) is 15.9. The minimum absolute atomic E-state index is 0.141. The van der Waals surface area contributed by atoms with Gasteiger partial charge in [0.15, 0.2) is 0 Å². The van der Waals surface area contributed by atoms with Crippen molar-refractivity contribution in [2.75, 3.05) is 6.61 Å². The van der Waals surface area contributed by atoms with Crippen LogP contribution in [0.25, 0.3) is 0 Å². The largest absolute Gasteiger partial charge is 0.463 e. The zero-order valence-corrected chi connectivity index (χ0v) is 17.1. The lowest BCUT2D eigenvalue weighted by Crippen LogP contribution is -2.37. The van der Waals surface area contributed by atoms with Gasteiger partial charge in [-0.3, -0.25) is 0 Å². The summed E-state index contributed by atoms with van der Waals surface area (Å²) in [4.78, 5) is 22.2. The summed E-state index contributed by atoms with van der Waals surface area (Å²) in [6.45, 7) is 13.3. The number of hydrogen-bond donors (Lipinski definition) is 0. The molecule has 0 saturated heterocycles. The maximum atomic E-state index is 13.3. The van der Waals surface area contributed by atoms with E-state index in [4.69, 9.17) is 9.47 Å². The summed E-state index contributed by atoms with van der Waals surface area (Å²) in [5.74, 6) is -1.51. The molecule has 2 unspecified atom stereocenters. The van der Waals surface area contributed by atoms with Crippen molar-refractivity contribution in [1.82, 2.24) is 0 Å². The highest BCUT2D eigenvalue weighted by Gasteiger charge is 2.35. The Morgan fingerprint density at radius 2 is 1.24 bits per heavy atom. The lowest BCUT2D eigenvalue weighted by atomic mass is 10.1. The Morgan fingerprint density at radius 3 is 1.60 bits per heavy atom. The van der Waals surface area contributed by atoms with E-state index in [1.807, 2.05) is 0 Å². The summed E-state index contributed by atoms with van der Waals surface area (Å²) in [6.07, 6.45) is 3.21. The Kier molecular flexibility index (Phi) is 11.9. The minimum Gasteiger partial charge on any atom is -0.463 e. The van der Waals surface area contributed by atoms with Crippen molar-refractivity contribution in [2.45, 2.75) is 104 Å². The summed E-state index contributed by atoms with van der Waals surface area (Å²) >= 11 is 0. The third kappa shape index (κ3) is 12.8. The van der Waals surface area contributed by atoms with Gasteiger partial charge in [-0.1, -0.05) is 33.6 Å². The van der Waals surface area contributed by atoms with Crippen molar-refractivity contribution in [3.8, 4) is 0 Å². The van der Waals surface area contributed by atoms with E-state index in [0.717, 1.165) is 19.3 Å². The zero-order valence-electron chi connectivity index (χ0n) is 17.1. The van der Waals surface area contributed by atoms with Crippen molar-refractivity contribution in [3.63, 3.8) is 0 Å². The van der Waals surface area contributed by atoms with Crippen LogP contribution < -0.4 is 0 Å². The van der Waals surface area contributed by atoms with Gasteiger partial charge in [-0.05, 0) is 53.9 Å². The molecule has 0 amide bonds. The monoisotopic (exact) mass is 366 g/mol. The summed E-state index contributed by atoms with van der Waals surface area (Å²) in [5, 5.41) is 0. The van der Waals surface area contributed by atoms with Crippen LogP contribution in [0.1, 0.15) is 87.5 Å². The molecule has 0 fully saturated rings. The van der Waals surface area contributed by atoms with E-state index in [2.05, 4.69) is 6.92 Å². The number of halogens is 2. The molecule has 0 rings (SSSR count). The van der Waals surface area contributed by atoms with Crippen LogP contribution in [0.5, 0.6) is 0 Å². The number of alkyl halides is 2. The molecule has 0 N–H and O–H groups in total. The predicted molar refractivity (Wildman–Crippen MR) is 95.9 cm³/mol. The lowest BCUT2D eigenvalue weighted by Gasteiger charge is -2.24. The molecule has 2 atom stereocenters. The average Bonchev–Trinajstić information content (AvgIpc) is 2.50. The smallest absolute Gasteiger partial charge is 0.344 e. The Hall–Kier alpha value is -1.20. The molecule has 0 aliphatic heterocycles. The van der Waals surface area contributed by atoms with Gasteiger partial charge in [-0.25, -0.2) is 18.4 Å². The van der Waals surface area contributed by atoms with E-state index in [1.165, 1.54) is 13.8 Å². The first-order valence-electron chi connectivity index (χ1n) is 9.02. The highest BCUT2D eigenvalue weighted by Crippen LogP contribution is 2.20. The molecule has 0 bridgehead atoms. The quantitative estimate of drug-likeness (QED) is 0.431. The topological polar surface area (TPSA) is 52.6 Å². The molecule has 0 aromatic carbocycles. The Balaban J connectivity index is 0. The van der Waals surface area contributed by atoms with Crippen LogP contribution in [-0.4, -0.2) is 35.5 Å². The van der Waals surface area contributed by atoms with Gasteiger partial charge >= 0.3 is 11.9 Å². The highest BCUT2D eigenvalue weighted by molar-refractivity contribution is 5.79. The molecule has 0 aromatic heterocycles. The fourth-order valence-corrected chi connectivity index (χ4v) is 1.34. The van der Waals surface area contributed by atoms with Crippen LogP contribution in [-0.2, 0) is 19.1 Å². The third-order valence-corrected chi connectivity index (χ3v) is 3.56. The van der Waals surface area contributed by atoms with Crippen LogP contribution in [0.15, 0.2) is 0 Å². The predicted octanol–water partition coefficient (Wildman–Crippen LogP) is 5.32. The molecular formula is C19H36F2O4. The molecule has 0 aliphatic rings. The molecule has 150 valence electrons. The maximum Gasteiger partial charge on any atom is 0.344 e. The van der Waals surface area contributed by atoms with E-state index < -0.39 is 28.9 Å². The SMILES string of the molecule is CCC(C)(F)C(=O)OC(C)(C)C.CCCCCOC(=O)C(C)(F)CC. The fourth-order valence-electron chi connectivity index (χ4n) is 1.34. The van der Waals surface area contributed by atoms with Crippen molar-refractivity contribution >= 4 is 11.9 Å². The van der Waals surface area contributed by atoms with E-state index in [9.17, 15) is 18.4 Å². The van der Waals surface area contributed by atoms with Crippen LogP contribution >= 0.6 is 0 Å². The second-order valence-electron chi connectivity index (χ2n) is 7.45. The van der Waals surface area contributed by atoms with Crippen molar-refractivity contribution in [2.24, 2.45) is 0 Å². The van der Waals surface area contributed by atoms with Gasteiger partial charge in [-0.2, -0.15) is 0 Å². The number of carbonyl (C=O) groups excluding carboxylic acids is 2. The van der Waals surface area contributed by atoms with Gasteiger partial charge in [0.05, 0.1) is 6.61 Å².